The molecule has 0 aliphatic carbocycles. The van der Waals surface area contributed by atoms with E-state index >= 15 is 0 Å². The number of ether oxygens (including phenoxy) is 18. The van der Waals surface area contributed by atoms with E-state index in [-0.39, 0.29) is 128 Å². The quantitative estimate of drug-likeness (QED) is 0.0294. The van der Waals surface area contributed by atoms with Gasteiger partial charge >= 0.3 is 35.8 Å². The molecule has 0 aromatic carbocycles. The van der Waals surface area contributed by atoms with Crippen molar-refractivity contribution in [1.82, 2.24) is 30.0 Å². The molecule has 2 rings (SSSR count). The first kappa shape index (κ1) is 72.3. The number of hydrogen-bond donors (Lipinski definition) is 0. The largest absolute Gasteiger partial charge is 0.458 e. The maximum atomic E-state index is 13.2. The van der Waals surface area contributed by atoms with Crippen molar-refractivity contribution in [3.05, 3.63) is 22.8 Å². The van der Waals surface area contributed by atoms with Crippen molar-refractivity contribution in [2.45, 2.75) is 64.5 Å². The summed E-state index contributed by atoms with van der Waals surface area (Å²) in [6, 6.07) is 0. The van der Waals surface area contributed by atoms with Gasteiger partial charge in [-0.15, -0.1) is 10.2 Å². The highest BCUT2D eigenvalue weighted by Gasteiger charge is 2.29. The fourth-order valence-electron chi connectivity index (χ4n) is 6.46. The SMILES string of the molecule is COCCOCCOCCOC(=O)c1nnn(CCCCCCOC(=O)C#CC(=O)OCCCCCCn2nnc(C(=O)OCCOCCOCCOC)c2C(=O)OCCOCCOCCOC)c1C(=O)OCCOCCOCCOC. The number of methoxy groups -OCH3 is 4. The molecule has 0 aliphatic heterocycles. The molecule has 30 heteroatoms. The van der Waals surface area contributed by atoms with Gasteiger partial charge in [0.1, 0.15) is 26.4 Å². The van der Waals surface area contributed by atoms with E-state index in [1.165, 1.54) is 9.36 Å². The van der Waals surface area contributed by atoms with Crippen LogP contribution in [0.25, 0.3) is 0 Å². The third-order valence-corrected chi connectivity index (χ3v) is 10.6. The molecule has 0 amide bonds. The number of aryl methyl sites for hydroxylation is 2. The lowest BCUT2D eigenvalue weighted by Crippen LogP contribution is -2.21. The van der Waals surface area contributed by atoms with Crippen LogP contribution in [0.5, 0.6) is 0 Å². The first-order valence-electron chi connectivity index (χ1n) is 27.2. The lowest BCUT2D eigenvalue weighted by molar-refractivity contribution is -0.138. The highest BCUT2D eigenvalue weighted by molar-refractivity contribution is 6.01. The predicted octanol–water partition coefficient (Wildman–Crippen LogP) is 1.13. The second-order valence-electron chi connectivity index (χ2n) is 16.8. The number of unbranched alkanes of at least 4 members (excludes halogenated alkanes) is 6. The van der Waals surface area contributed by atoms with E-state index in [0.29, 0.717) is 131 Å². The highest BCUT2D eigenvalue weighted by atomic mass is 16.6. The number of nitrogens with zero attached hydrogens (tertiary/aromatic N) is 6. The first-order chi connectivity index (χ1) is 40.2. The molecular formula is C52H84N6O24. The molecule has 0 N–H and O–H groups in total. The van der Waals surface area contributed by atoms with Gasteiger partial charge in [-0.25, -0.2) is 38.1 Å². The summed E-state index contributed by atoms with van der Waals surface area (Å²) in [7, 11) is 6.29. The van der Waals surface area contributed by atoms with Gasteiger partial charge in [0.05, 0.1) is 145 Å². The van der Waals surface area contributed by atoms with E-state index in [2.05, 4.69) is 32.5 Å². The molecular weight excluding hydrogens is 1090 g/mol. The van der Waals surface area contributed by atoms with E-state index in [4.69, 9.17) is 85.3 Å². The second-order valence-corrected chi connectivity index (χ2v) is 16.8. The second kappa shape index (κ2) is 50.9. The van der Waals surface area contributed by atoms with E-state index in [1.54, 1.807) is 28.4 Å². The lowest BCUT2D eigenvalue weighted by atomic mass is 10.2. The Morgan fingerprint density at radius 2 is 0.561 bits per heavy atom. The fraction of sp³-hybridized carbons (Fsp3) is 0.769. The summed E-state index contributed by atoms with van der Waals surface area (Å²) in [5.41, 5.74) is -0.972. The number of hydrogen-bond acceptors (Lipinski definition) is 28. The zero-order valence-corrected chi connectivity index (χ0v) is 47.9. The van der Waals surface area contributed by atoms with Gasteiger partial charge in [0, 0.05) is 53.4 Å². The maximum Gasteiger partial charge on any atom is 0.384 e. The minimum Gasteiger partial charge on any atom is -0.458 e. The molecule has 0 unspecified atom stereocenters. The molecule has 0 fully saturated rings. The van der Waals surface area contributed by atoms with Gasteiger partial charge in [0.2, 0.25) is 11.4 Å². The molecule has 2 heterocycles. The Labute approximate surface area is 478 Å². The van der Waals surface area contributed by atoms with Gasteiger partial charge < -0.3 is 85.3 Å². The molecule has 2 aromatic heterocycles. The fourth-order valence-corrected chi connectivity index (χ4v) is 6.46. The molecule has 0 bridgehead atoms. The Bertz CT molecular complexity index is 1940. The zero-order valence-electron chi connectivity index (χ0n) is 47.9. The summed E-state index contributed by atoms with van der Waals surface area (Å²) in [5.74, 6) is -0.978. The molecule has 0 radical (unpaired) electrons. The number of carbonyl (C=O) groups excluding carboxylic acids is 6. The van der Waals surface area contributed by atoms with Crippen LogP contribution in [0.1, 0.15) is 93.3 Å². The average Bonchev–Trinajstić information content (AvgIpc) is 4.28. The molecule has 0 atom stereocenters. The van der Waals surface area contributed by atoms with Crippen LogP contribution in [0, 0.1) is 11.8 Å². The molecule has 0 saturated carbocycles. The van der Waals surface area contributed by atoms with E-state index in [1.807, 2.05) is 0 Å². The minimum absolute atomic E-state index is 0.0397. The van der Waals surface area contributed by atoms with E-state index in [9.17, 15) is 28.8 Å². The smallest absolute Gasteiger partial charge is 0.384 e. The van der Waals surface area contributed by atoms with Gasteiger partial charge in [0.25, 0.3) is 0 Å². The highest BCUT2D eigenvalue weighted by Crippen LogP contribution is 2.14. The van der Waals surface area contributed by atoms with Crippen molar-refractivity contribution in [2.24, 2.45) is 0 Å². The Balaban J connectivity index is 1.75. The van der Waals surface area contributed by atoms with Crippen molar-refractivity contribution in [3.63, 3.8) is 0 Å². The van der Waals surface area contributed by atoms with Crippen LogP contribution in [0.2, 0.25) is 0 Å². The number of carbonyl (C=O) groups is 6. The first-order valence-corrected chi connectivity index (χ1v) is 27.2. The zero-order chi connectivity index (χ0) is 59.4. The Morgan fingerprint density at radius 1 is 0.305 bits per heavy atom. The van der Waals surface area contributed by atoms with Crippen LogP contribution in [-0.2, 0) is 108 Å². The third kappa shape index (κ3) is 35.9. The molecule has 0 aliphatic rings. The van der Waals surface area contributed by atoms with Gasteiger partial charge in [-0.05, 0) is 38.5 Å². The molecule has 466 valence electrons. The Morgan fingerprint density at radius 3 is 0.854 bits per heavy atom. The summed E-state index contributed by atoms with van der Waals surface area (Å²) in [5, 5.41) is 15.9. The number of rotatable bonds is 54. The van der Waals surface area contributed by atoms with Crippen LogP contribution in [0.4, 0.5) is 0 Å². The summed E-state index contributed by atoms with van der Waals surface area (Å²) in [4.78, 5) is 76.8. The van der Waals surface area contributed by atoms with Crippen LogP contribution in [0.3, 0.4) is 0 Å². The van der Waals surface area contributed by atoms with Gasteiger partial charge in [-0.1, -0.05) is 23.3 Å². The third-order valence-electron chi connectivity index (χ3n) is 10.6. The predicted molar refractivity (Wildman–Crippen MR) is 282 cm³/mol. The average molecular weight is 1180 g/mol. The Kier molecular flexibility index (Phi) is 44.8. The summed E-state index contributed by atoms with van der Waals surface area (Å²) in [6.45, 7) is 6.38. The molecule has 30 nitrogen and oxygen atoms in total. The van der Waals surface area contributed by atoms with Gasteiger partial charge in [0.15, 0.2) is 11.4 Å². The molecule has 82 heavy (non-hydrogen) atoms. The van der Waals surface area contributed by atoms with Crippen molar-refractivity contribution < 1.29 is 114 Å². The minimum atomic E-state index is -0.897. The van der Waals surface area contributed by atoms with Crippen LogP contribution >= 0.6 is 0 Å². The standard InChI is InChI=1S/C52H84N6O24/c1-65-19-23-69-27-31-73-35-39-79-49(61)45-47(51(63)81-41-37-75-33-29-71-25-21-67-3)57(55-53-45)15-9-5-7-11-17-77-43(59)13-14-44(60)78-18-12-8-6-10-16-58-48(52(64)82-42-38-76-34-30-72-26-22-68-4)46(54-56-58)50(62)80-40-36-74-32-28-70-24-20-66-2/h5-12,15-42H2,1-4H3. The monoisotopic (exact) mass is 1180 g/mol. The van der Waals surface area contributed by atoms with Gasteiger partial charge in [-0.3, -0.25) is 0 Å². The molecule has 0 saturated heterocycles. The molecule has 2 aromatic rings. The normalized spacial score (nSPS) is 11.0. The molecule has 0 spiro atoms. The number of esters is 6. The van der Waals surface area contributed by atoms with Crippen molar-refractivity contribution in [3.8, 4) is 11.8 Å². The number of aromatic nitrogens is 6. The van der Waals surface area contributed by atoms with E-state index < -0.39 is 35.8 Å². The van der Waals surface area contributed by atoms with Crippen molar-refractivity contribution >= 4 is 35.8 Å². The topological polar surface area (TPSA) is 330 Å². The maximum absolute atomic E-state index is 13.2. The van der Waals surface area contributed by atoms with E-state index in [0.717, 1.165) is 0 Å². The van der Waals surface area contributed by atoms with Crippen LogP contribution in [0.15, 0.2) is 0 Å². The van der Waals surface area contributed by atoms with Crippen molar-refractivity contribution in [1.29, 1.82) is 0 Å². The van der Waals surface area contributed by atoms with Crippen LogP contribution in [-0.4, -0.2) is 266 Å². The summed E-state index contributed by atoms with van der Waals surface area (Å²) < 4.78 is 96.9. The van der Waals surface area contributed by atoms with Gasteiger partial charge in [-0.2, -0.15) is 0 Å². The lowest BCUT2D eigenvalue weighted by Gasteiger charge is -2.10. The van der Waals surface area contributed by atoms with Crippen LogP contribution < -0.4 is 0 Å². The van der Waals surface area contributed by atoms with Crippen molar-refractivity contribution in [2.75, 3.05) is 200 Å². The summed E-state index contributed by atoms with van der Waals surface area (Å²) in [6.07, 6.45) is 4.46. The summed E-state index contributed by atoms with van der Waals surface area (Å²) >= 11 is 0. The Hall–Kier alpha value is -5.82.